The third kappa shape index (κ3) is 4.49. The first-order valence-corrected chi connectivity index (χ1v) is 10.9. The Bertz CT molecular complexity index is 1050. The number of thioether (sulfide) groups is 1. The van der Waals surface area contributed by atoms with Crippen LogP contribution in [0.25, 0.3) is 6.08 Å². The molecule has 1 aromatic heterocycles. The number of benzene rings is 2. The molecule has 1 aliphatic heterocycles. The van der Waals surface area contributed by atoms with Crippen LogP contribution >= 0.6 is 11.8 Å². The van der Waals surface area contributed by atoms with E-state index in [4.69, 9.17) is 9.47 Å². The summed E-state index contributed by atoms with van der Waals surface area (Å²) in [5.74, 6) is 1.24. The quantitative estimate of drug-likeness (QED) is 0.531. The van der Waals surface area contributed by atoms with Gasteiger partial charge in [0.05, 0.1) is 5.56 Å². The van der Waals surface area contributed by atoms with Gasteiger partial charge in [0.25, 0.3) is 5.91 Å². The number of hydrogen-bond acceptors (Lipinski definition) is 5. The van der Waals surface area contributed by atoms with E-state index < -0.39 is 0 Å². The van der Waals surface area contributed by atoms with Gasteiger partial charge < -0.3 is 14.4 Å². The van der Waals surface area contributed by atoms with Gasteiger partial charge in [0, 0.05) is 24.5 Å². The van der Waals surface area contributed by atoms with Crippen molar-refractivity contribution in [3.05, 3.63) is 84.1 Å². The average Bonchev–Trinajstić information content (AvgIpc) is 2.82. The third-order valence-electron chi connectivity index (χ3n) is 4.68. The molecular weight excluding hydrogens is 396 g/mol. The Kier molecular flexibility index (Phi) is 6.35. The lowest BCUT2D eigenvalue weighted by atomic mass is 10.1. The van der Waals surface area contributed by atoms with Gasteiger partial charge in [-0.25, -0.2) is 4.98 Å². The lowest BCUT2D eigenvalue weighted by Gasteiger charge is -2.25. The maximum atomic E-state index is 13.5. The molecule has 0 radical (unpaired) electrons. The molecule has 2 aromatic carbocycles. The van der Waals surface area contributed by atoms with Crippen molar-refractivity contribution in [1.82, 2.24) is 4.98 Å². The van der Waals surface area contributed by atoms with E-state index in [0.29, 0.717) is 41.8 Å². The molecule has 6 heteroatoms. The maximum absolute atomic E-state index is 13.5. The van der Waals surface area contributed by atoms with Crippen LogP contribution < -0.4 is 14.4 Å². The number of amides is 1. The number of ether oxygens (including phenoxy) is 2. The minimum atomic E-state index is -0.109. The van der Waals surface area contributed by atoms with Gasteiger partial charge in [0.15, 0.2) is 11.5 Å². The summed E-state index contributed by atoms with van der Waals surface area (Å²) in [6, 6.07) is 19.2. The van der Waals surface area contributed by atoms with Crippen molar-refractivity contribution in [3.8, 4) is 11.5 Å². The normalized spacial score (nSPS) is 12.7. The molecule has 0 spiro atoms. The van der Waals surface area contributed by atoms with E-state index in [2.05, 4.69) is 4.98 Å². The first kappa shape index (κ1) is 20.0. The highest BCUT2D eigenvalue weighted by Gasteiger charge is 2.22. The molecule has 152 valence electrons. The fourth-order valence-electron chi connectivity index (χ4n) is 3.23. The monoisotopic (exact) mass is 418 g/mol. The Balaban J connectivity index is 1.67. The summed E-state index contributed by atoms with van der Waals surface area (Å²) < 4.78 is 11.3. The minimum Gasteiger partial charge on any atom is -0.486 e. The summed E-state index contributed by atoms with van der Waals surface area (Å²) in [7, 11) is 0. The number of carbonyl (C=O) groups excluding carboxylic acids is 1. The van der Waals surface area contributed by atoms with Gasteiger partial charge in [-0.15, -0.1) is 11.8 Å². The number of fused-ring (bicyclic) bond motifs is 1. The molecule has 0 unspecified atom stereocenters. The van der Waals surface area contributed by atoms with Crippen LogP contribution in [0.3, 0.4) is 0 Å². The number of hydrogen-bond donors (Lipinski definition) is 0. The molecule has 5 nitrogen and oxygen atoms in total. The molecule has 1 aliphatic rings. The van der Waals surface area contributed by atoms with Crippen molar-refractivity contribution in [1.29, 1.82) is 0 Å². The number of nitrogens with zero attached hydrogens (tertiary/aromatic N) is 2. The number of pyridine rings is 1. The second kappa shape index (κ2) is 9.50. The van der Waals surface area contributed by atoms with Crippen molar-refractivity contribution < 1.29 is 14.3 Å². The Labute approximate surface area is 180 Å². The zero-order valence-corrected chi connectivity index (χ0v) is 17.5. The van der Waals surface area contributed by atoms with Gasteiger partial charge in [-0.05, 0) is 36.1 Å². The Morgan fingerprint density at radius 1 is 1.07 bits per heavy atom. The average molecular weight is 419 g/mol. The van der Waals surface area contributed by atoms with Crippen molar-refractivity contribution in [2.24, 2.45) is 0 Å². The molecule has 0 aliphatic carbocycles. The van der Waals surface area contributed by atoms with E-state index >= 15 is 0 Å². The zero-order valence-electron chi connectivity index (χ0n) is 16.7. The van der Waals surface area contributed by atoms with E-state index in [9.17, 15) is 4.79 Å². The van der Waals surface area contributed by atoms with Crippen LogP contribution in [0.2, 0.25) is 0 Å². The van der Waals surface area contributed by atoms with E-state index in [0.717, 1.165) is 11.3 Å². The van der Waals surface area contributed by atoms with Crippen molar-refractivity contribution in [2.75, 3.05) is 30.9 Å². The largest absolute Gasteiger partial charge is 0.486 e. The van der Waals surface area contributed by atoms with Crippen LogP contribution in [0.5, 0.6) is 11.5 Å². The molecule has 0 atom stereocenters. The summed E-state index contributed by atoms with van der Waals surface area (Å²) in [5, 5.41) is 0.706. The van der Waals surface area contributed by atoms with Crippen LogP contribution in [0.1, 0.15) is 15.9 Å². The lowest BCUT2D eigenvalue weighted by Crippen LogP contribution is -2.32. The van der Waals surface area contributed by atoms with E-state index in [-0.39, 0.29) is 5.91 Å². The summed E-state index contributed by atoms with van der Waals surface area (Å²) in [4.78, 5) is 19.6. The van der Waals surface area contributed by atoms with Gasteiger partial charge in [0.1, 0.15) is 18.2 Å². The lowest BCUT2D eigenvalue weighted by molar-refractivity contribution is 0.0986. The van der Waals surface area contributed by atoms with Gasteiger partial charge in [-0.2, -0.15) is 0 Å². The third-order valence-corrected chi connectivity index (χ3v) is 5.39. The van der Waals surface area contributed by atoms with Gasteiger partial charge >= 0.3 is 0 Å². The fraction of sp³-hybridized carbons (Fsp3) is 0.167. The van der Waals surface area contributed by atoms with Crippen molar-refractivity contribution in [3.63, 3.8) is 0 Å². The summed E-state index contributed by atoms with van der Waals surface area (Å²) in [6.07, 6.45) is 7.62. The van der Waals surface area contributed by atoms with Gasteiger partial charge in [-0.3, -0.25) is 4.79 Å². The topological polar surface area (TPSA) is 51.7 Å². The van der Waals surface area contributed by atoms with Crippen LogP contribution in [-0.2, 0) is 0 Å². The second-order valence-electron chi connectivity index (χ2n) is 6.62. The van der Waals surface area contributed by atoms with Gasteiger partial charge in [-0.1, -0.05) is 42.5 Å². The predicted molar refractivity (Wildman–Crippen MR) is 121 cm³/mol. The summed E-state index contributed by atoms with van der Waals surface area (Å²) in [6.45, 7) is 1.44. The molecule has 0 bridgehead atoms. The van der Waals surface area contributed by atoms with Crippen LogP contribution in [-0.4, -0.2) is 36.9 Å². The standard InChI is InChI=1S/C24H22N2O3S/c1-30-23-20(10-5-13-25-23)24(27)26(14-6-9-18-7-3-2-4-8-18)19-11-12-21-22(17-19)29-16-15-28-21/h2-13,17H,14-16H2,1H3/b9-6-. The first-order valence-electron chi connectivity index (χ1n) is 9.68. The maximum Gasteiger partial charge on any atom is 0.261 e. The minimum absolute atomic E-state index is 0.109. The number of carbonyl (C=O) groups is 1. The predicted octanol–water partition coefficient (Wildman–Crippen LogP) is 4.93. The van der Waals surface area contributed by atoms with E-state index in [1.807, 2.05) is 73.0 Å². The molecule has 0 saturated carbocycles. The molecule has 4 rings (SSSR count). The van der Waals surface area contributed by atoms with E-state index in [1.165, 1.54) is 11.8 Å². The van der Waals surface area contributed by atoms with Crippen LogP contribution in [0, 0.1) is 0 Å². The Morgan fingerprint density at radius 2 is 1.87 bits per heavy atom. The Morgan fingerprint density at radius 3 is 2.67 bits per heavy atom. The number of rotatable bonds is 6. The molecular formula is C24H22N2O3S. The summed E-state index contributed by atoms with van der Waals surface area (Å²) >= 11 is 1.46. The second-order valence-corrected chi connectivity index (χ2v) is 7.41. The Hall–Kier alpha value is -3.25. The number of aromatic nitrogens is 1. The fourth-order valence-corrected chi connectivity index (χ4v) is 3.77. The van der Waals surface area contributed by atoms with Crippen molar-refractivity contribution >= 4 is 29.4 Å². The van der Waals surface area contributed by atoms with Crippen LogP contribution in [0.15, 0.2) is 78.0 Å². The van der Waals surface area contributed by atoms with Crippen LogP contribution in [0.4, 0.5) is 5.69 Å². The molecule has 30 heavy (non-hydrogen) atoms. The smallest absolute Gasteiger partial charge is 0.261 e. The van der Waals surface area contributed by atoms with Gasteiger partial charge in [0.2, 0.25) is 0 Å². The van der Waals surface area contributed by atoms with E-state index in [1.54, 1.807) is 17.2 Å². The molecule has 0 N–H and O–H groups in total. The molecule has 0 fully saturated rings. The highest BCUT2D eigenvalue weighted by Crippen LogP contribution is 2.35. The number of anilines is 1. The highest BCUT2D eigenvalue weighted by molar-refractivity contribution is 7.98. The molecule has 3 aromatic rings. The van der Waals surface area contributed by atoms with Crippen molar-refractivity contribution in [2.45, 2.75) is 5.03 Å². The SMILES string of the molecule is CSc1ncccc1C(=O)N(C/C=C\c1ccccc1)c1ccc2c(c1)OCCO2. The summed E-state index contributed by atoms with van der Waals surface area (Å²) in [5.41, 5.74) is 2.41. The zero-order chi connectivity index (χ0) is 20.8. The first-order chi connectivity index (χ1) is 14.8. The molecule has 0 saturated heterocycles. The molecule has 2 heterocycles. The highest BCUT2D eigenvalue weighted by atomic mass is 32.2. The molecule has 1 amide bonds.